The Kier molecular flexibility index (Phi) is 10.7. The van der Waals surface area contributed by atoms with E-state index in [4.69, 9.17) is 4.74 Å². The Hall–Kier alpha value is -2.29. The van der Waals surface area contributed by atoms with E-state index in [1.807, 2.05) is 36.4 Å². The highest BCUT2D eigenvalue weighted by atomic mass is 127. The van der Waals surface area contributed by atoms with Gasteiger partial charge in [-0.2, -0.15) is 0 Å². The van der Waals surface area contributed by atoms with Gasteiger partial charge < -0.3 is 20.7 Å². The first-order valence-electron chi connectivity index (χ1n) is 9.79. The Labute approximate surface area is 196 Å². The number of nitrogens with zero attached hydrogens (tertiary/aromatic N) is 1. The molecule has 0 aliphatic carbocycles. The summed E-state index contributed by atoms with van der Waals surface area (Å²) in [4.78, 5) is 16.1. The van der Waals surface area contributed by atoms with Crippen LogP contribution in [-0.2, 0) is 11.8 Å². The molecule has 7 heteroatoms. The molecule has 0 heterocycles. The van der Waals surface area contributed by atoms with E-state index in [0.29, 0.717) is 5.56 Å². The fourth-order valence-corrected chi connectivity index (χ4v) is 3.01. The van der Waals surface area contributed by atoms with Gasteiger partial charge in [-0.15, -0.1) is 24.0 Å². The number of hydrogen-bond acceptors (Lipinski definition) is 3. The second-order valence-electron chi connectivity index (χ2n) is 7.50. The van der Waals surface area contributed by atoms with Gasteiger partial charge in [0.1, 0.15) is 5.75 Å². The lowest BCUT2D eigenvalue weighted by atomic mass is 9.84. The smallest absolute Gasteiger partial charge is 0.251 e. The summed E-state index contributed by atoms with van der Waals surface area (Å²) in [6.07, 6.45) is 0.796. The van der Waals surface area contributed by atoms with Gasteiger partial charge in [0.25, 0.3) is 5.91 Å². The molecule has 0 unspecified atom stereocenters. The molecule has 3 N–H and O–H groups in total. The van der Waals surface area contributed by atoms with Crippen molar-refractivity contribution >= 4 is 35.8 Å². The van der Waals surface area contributed by atoms with Gasteiger partial charge in [0, 0.05) is 38.2 Å². The van der Waals surface area contributed by atoms with E-state index in [0.717, 1.165) is 36.8 Å². The summed E-state index contributed by atoms with van der Waals surface area (Å²) in [7, 11) is 5.08. The first kappa shape index (κ1) is 25.7. The molecule has 0 radical (unpaired) electrons. The molecule has 0 aromatic heterocycles. The Morgan fingerprint density at radius 3 is 2.50 bits per heavy atom. The molecule has 0 spiro atoms. The third-order valence-electron chi connectivity index (χ3n) is 4.89. The van der Waals surface area contributed by atoms with Crippen molar-refractivity contribution in [3.8, 4) is 5.75 Å². The van der Waals surface area contributed by atoms with Crippen molar-refractivity contribution in [3.63, 3.8) is 0 Å². The summed E-state index contributed by atoms with van der Waals surface area (Å²) in [6, 6.07) is 15.8. The van der Waals surface area contributed by atoms with Crippen molar-refractivity contribution in [1.82, 2.24) is 16.0 Å². The lowest BCUT2D eigenvalue weighted by molar-refractivity contribution is 0.0963. The number of hydrogen-bond donors (Lipinski definition) is 3. The SMILES string of the molecule is CN=C(NCCc1cccc(C(=O)NC)c1)NCC(C)(C)c1cccc(OC)c1.I. The summed E-state index contributed by atoms with van der Waals surface area (Å²) < 4.78 is 5.34. The maximum atomic E-state index is 11.8. The van der Waals surface area contributed by atoms with Gasteiger partial charge in [-0.05, 0) is 41.8 Å². The molecule has 6 nitrogen and oxygen atoms in total. The molecule has 0 aliphatic rings. The van der Waals surface area contributed by atoms with Gasteiger partial charge in [-0.3, -0.25) is 9.79 Å². The third-order valence-corrected chi connectivity index (χ3v) is 4.89. The molecule has 0 saturated carbocycles. The maximum Gasteiger partial charge on any atom is 0.251 e. The molecule has 0 fully saturated rings. The average Bonchev–Trinajstić information content (AvgIpc) is 2.75. The molecule has 0 aliphatic heterocycles. The number of amides is 1. The molecule has 1 amide bonds. The topological polar surface area (TPSA) is 74.8 Å². The minimum Gasteiger partial charge on any atom is -0.497 e. The van der Waals surface area contributed by atoms with Gasteiger partial charge in [0.15, 0.2) is 5.96 Å². The van der Waals surface area contributed by atoms with E-state index in [9.17, 15) is 4.79 Å². The van der Waals surface area contributed by atoms with Crippen LogP contribution in [0.4, 0.5) is 0 Å². The monoisotopic (exact) mass is 524 g/mol. The van der Waals surface area contributed by atoms with Gasteiger partial charge in [0.2, 0.25) is 0 Å². The molecule has 30 heavy (non-hydrogen) atoms. The number of nitrogens with one attached hydrogen (secondary N) is 3. The molecular formula is C23H33IN4O2. The molecule has 2 aromatic rings. The molecular weight excluding hydrogens is 491 g/mol. The predicted molar refractivity (Wildman–Crippen MR) is 134 cm³/mol. The van der Waals surface area contributed by atoms with Crippen molar-refractivity contribution in [3.05, 3.63) is 65.2 Å². The fourth-order valence-electron chi connectivity index (χ4n) is 3.01. The fraction of sp³-hybridized carbons (Fsp3) is 0.391. The average molecular weight is 524 g/mol. The summed E-state index contributed by atoms with van der Waals surface area (Å²) >= 11 is 0. The van der Waals surface area contributed by atoms with Gasteiger partial charge in [-0.1, -0.05) is 38.1 Å². The zero-order chi connectivity index (χ0) is 21.3. The summed E-state index contributed by atoms with van der Waals surface area (Å²) in [5.41, 5.74) is 2.89. The standard InChI is InChI=1S/C23H32N4O2.HI/c1-23(2,19-10-7-11-20(15-19)29-5)16-27-22(25-4)26-13-12-17-8-6-9-18(14-17)21(28)24-3;/h6-11,14-15H,12-13,16H2,1-5H3,(H,24,28)(H2,25,26,27);1H. The Morgan fingerprint density at radius 1 is 1.10 bits per heavy atom. The number of carbonyl (C=O) groups excluding carboxylic acids is 1. The quantitative estimate of drug-likeness (QED) is 0.281. The van der Waals surface area contributed by atoms with Crippen LogP contribution in [0.3, 0.4) is 0 Å². The van der Waals surface area contributed by atoms with Crippen molar-refractivity contribution in [1.29, 1.82) is 0 Å². The number of methoxy groups -OCH3 is 1. The van der Waals surface area contributed by atoms with Crippen LogP contribution in [0.5, 0.6) is 5.75 Å². The number of aliphatic imine (C=N–C) groups is 1. The number of rotatable bonds is 8. The van der Waals surface area contributed by atoms with Crippen LogP contribution in [0.1, 0.15) is 35.3 Å². The maximum absolute atomic E-state index is 11.8. The Morgan fingerprint density at radius 2 is 1.83 bits per heavy atom. The largest absolute Gasteiger partial charge is 0.497 e. The van der Waals surface area contributed by atoms with Crippen LogP contribution in [0.25, 0.3) is 0 Å². The normalized spacial score (nSPS) is 11.3. The third kappa shape index (κ3) is 7.51. The molecule has 164 valence electrons. The van der Waals surface area contributed by atoms with E-state index in [2.05, 4.69) is 46.9 Å². The van der Waals surface area contributed by atoms with Gasteiger partial charge in [0.05, 0.1) is 7.11 Å². The van der Waals surface area contributed by atoms with Crippen molar-refractivity contribution in [2.24, 2.45) is 4.99 Å². The van der Waals surface area contributed by atoms with Crippen molar-refractivity contribution in [2.75, 3.05) is 34.3 Å². The lowest BCUT2D eigenvalue weighted by Gasteiger charge is -2.27. The second kappa shape index (κ2) is 12.4. The highest BCUT2D eigenvalue weighted by Gasteiger charge is 2.21. The first-order valence-corrected chi connectivity index (χ1v) is 9.79. The number of benzene rings is 2. The van der Waals surface area contributed by atoms with E-state index in [1.54, 1.807) is 21.2 Å². The van der Waals surface area contributed by atoms with E-state index >= 15 is 0 Å². The summed E-state index contributed by atoms with van der Waals surface area (Å²) in [5.74, 6) is 1.54. The van der Waals surface area contributed by atoms with E-state index in [-0.39, 0.29) is 35.3 Å². The molecule has 0 atom stereocenters. The van der Waals surface area contributed by atoms with Crippen LogP contribution in [0.15, 0.2) is 53.5 Å². The minimum atomic E-state index is -0.0893. The Balaban J connectivity index is 0.00000450. The molecule has 2 rings (SSSR count). The minimum absolute atomic E-state index is 0. The molecule has 2 aromatic carbocycles. The summed E-state index contributed by atoms with van der Waals surface area (Å²) in [6.45, 7) is 5.82. The number of carbonyl (C=O) groups is 1. The van der Waals surface area contributed by atoms with Crippen LogP contribution < -0.4 is 20.7 Å². The van der Waals surface area contributed by atoms with E-state index < -0.39 is 0 Å². The Bertz CT molecular complexity index is 853. The predicted octanol–water partition coefficient (Wildman–Crippen LogP) is 3.36. The second-order valence-corrected chi connectivity index (χ2v) is 7.50. The lowest BCUT2D eigenvalue weighted by Crippen LogP contribution is -2.44. The van der Waals surface area contributed by atoms with Gasteiger partial charge in [-0.25, -0.2) is 0 Å². The molecule has 0 saturated heterocycles. The number of ether oxygens (including phenoxy) is 1. The van der Waals surface area contributed by atoms with Crippen LogP contribution in [0.2, 0.25) is 0 Å². The highest BCUT2D eigenvalue weighted by molar-refractivity contribution is 14.0. The van der Waals surface area contributed by atoms with Crippen molar-refractivity contribution in [2.45, 2.75) is 25.7 Å². The zero-order valence-corrected chi connectivity index (χ0v) is 20.7. The molecule has 0 bridgehead atoms. The van der Waals surface area contributed by atoms with E-state index in [1.165, 1.54) is 5.56 Å². The number of guanidine groups is 1. The zero-order valence-electron chi connectivity index (χ0n) is 18.4. The first-order chi connectivity index (χ1) is 13.9. The van der Waals surface area contributed by atoms with Crippen LogP contribution >= 0.6 is 24.0 Å². The van der Waals surface area contributed by atoms with Gasteiger partial charge >= 0.3 is 0 Å². The highest BCUT2D eigenvalue weighted by Crippen LogP contribution is 2.25. The number of halogens is 1. The van der Waals surface area contributed by atoms with Crippen molar-refractivity contribution < 1.29 is 9.53 Å². The van der Waals surface area contributed by atoms with Crippen LogP contribution in [-0.4, -0.2) is 46.2 Å². The summed E-state index contributed by atoms with van der Waals surface area (Å²) in [5, 5.41) is 9.40. The van der Waals surface area contributed by atoms with Crippen LogP contribution in [0, 0.1) is 0 Å².